The molecule has 0 aromatic heterocycles. The van der Waals surface area contributed by atoms with Crippen molar-refractivity contribution >= 4 is 11.7 Å². The van der Waals surface area contributed by atoms with Gasteiger partial charge in [-0.3, -0.25) is 0 Å². The predicted molar refractivity (Wildman–Crippen MR) is 61.9 cm³/mol. The van der Waals surface area contributed by atoms with Crippen molar-refractivity contribution in [1.29, 1.82) is 0 Å². The highest BCUT2D eigenvalue weighted by Gasteiger charge is 2.19. The van der Waals surface area contributed by atoms with E-state index in [2.05, 4.69) is 5.16 Å². The quantitative estimate of drug-likeness (QED) is 0.624. The zero-order chi connectivity index (χ0) is 12.1. The van der Waals surface area contributed by atoms with Crippen LogP contribution in [0.25, 0.3) is 0 Å². The molecule has 0 bridgehead atoms. The molecule has 0 spiro atoms. The van der Waals surface area contributed by atoms with Crippen LogP contribution >= 0.6 is 0 Å². The summed E-state index contributed by atoms with van der Waals surface area (Å²) in [6, 6.07) is 8.87. The summed E-state index contributed by atoms with van der Waals surface area (Å²) in [6.07, 6.45) is 1.25. The first-order chi connectivity index (χ1) is 8.29. The Bertz CT molecular complexity index is 407. The number of nitrogens with zero attached hydrogens (tertiary/aromatic N) is 2. The number of piperidine rings is 1. The van der Waals surface area contributed by atoms with Gasteiger partial charge in [-0.2, -0.15) is 0 Å². The van der Waals surface area contributed by atoms with E-state index in [1.165, 1.54) is 0 Å². The molecule has 90 valence electrons. The third kappa shape index (κ3) is 3.04. The molecule has 0 aliphatic carbocycles. The summed E-state index contributed by atoms with van der Waals surface area (Å²) < 4.78 is 0. The number of oxime groups is 1. The van der Waals surface area contributed by atoms with E-state index < -0.39 is 0 Å². The molecule has 5 nitrogen and oxygen atoms in total. The number of benzene rings is 1. The molecule has 0 unspecified atom stereocenters. The van der Waals surface area contributed by atoms with E-state index in [-0.39, 0.29) is 5.97 Å². The lowest BCUT2D eigenvalue weighted by molar-refractivity contribution is -0.110. The molecule has 1 heterocycles. The zero-order valence-corrected chi connectivity index (χ0v) is 9.37. The highest BCUT2D eigenvalue weighted by atomic mass is 16.7. The van der Waals surface area contributed by atoms with E-state index in [0.717, 1.165) is 5.71 Å². The first-order valence-electron chi connectivity index (χ1n) is 5.51. The number of hydrogen-bond donors (Lipinski definition) is 1. The van der Waals surface area contributed by atoms with E-state index in [1.54, 1.807) is 29.3 Å². The van der Waals surface area contributed by atoms with Gasteiger partial charge in [0.2, 0.25) is 0 Å². The Labute approximate surface area is 99.2 Å². The molecule has 0 atom stereocenters. The molecule has 1 saturated heterocycles. The third-order valence-corrected chi connectivity index (χ3v) is 2.66. The van der Waals surface area contributed by atoms with Crippen LogP contribution in [0.1, 0.15) is 23.2 Å². The molecule has 5 heteroatoms. The summed E-state index contributed by atoms with van der Waals surface area (Å²) >= 11 is 0. The maximum atomic E-state index is 11.7. The molecule has 2 rings (SSSR count). The van der Waals surface area contributed by atoms with Gasteiger partial charge in [-0.1, -0.05) is 23.4 Å². The molecular formula is C12H14N2O3. The zero-order valence-electron chi connectivity index (χ0n) is 9.37. The summed E-state index contributed by atoms with van der Waals surface area (Å²) in [5.41, 5.74) is 1.28. The van der Waals surface area contributed by atoms with Gasteiger partial charge in [0.25, 0.3) is 0 Å². The van der Waals surface area contributed by atoms with Gasteiger partial charge >= 0.3 is 5.97 Å². The van der Waals surface area contributed by atoms with Crippen molar-refractivity contribution in [3.63, 3.8) is 0 Å². The summed E-state index contributed by atoms with van der Waals surface area (Å²) in [6.45, 7) is 1.13. The average molecular weight is 234 g/mol. The fraction of sp³-hybridized carbons (Fsp3) is 0.333. The molecule has 0 amide bonds. The Morgan fingerprint density at radius 2 is 1.88 bits per heavy atom. The van der Waals surface area contributed by atoms with Gasteiger partial charge in [0.15, 0.2) is 0 Å². The number of carbonyl (C=O) groups excluding carboxylic acids is 1. The Kier molecular flexibility index (Phi) is 3.72. The van der Waals surface area contributed by atoms with Crippen molar-refractivity contribution in [2.75, 3.05) is 13.1 Å². The van der Waals surface area contributed by atoms with Crippen molar-refractivity contribution < 1.29 is 14.8 Å². The lowest BCUT2D eigenvalue weighted by atomic mass is 10.1. The number of hydrogen-bond acceptors (Lipinski definition) is 5. The van der Waals surface area contributed by atoms with Gasteiger partial charge in [-0.05, 0) is 12.1 Å². The van der Waals surface area contributed by atoms with Gasteiger partial charge in [0.05, 0.1) is 11.3 Å². The topological polar surface area (TPSA) is 62.1 Å². The highest BCUT2D eigenvalue weighted by Crippen LogP contribution is 2.10. The van der Waals surface area contributed by atoms with Crippen LogP contribution in [0, 0.1) is 0 Å². The van der Waals surface area contributed by atoms with Crippen LogP contribution in [0.3, 0.4) is 0 Å². The van der Waals surface area contributed by atoms with Crippen LogP contribution in [-0.2, 0) is 4.84 Å². The summed E-state index contributed by atoms with van der Waals surface area (Å²) in [7, 11) is 0. The fourth-order valence-corrected chi connectivity index (χ4v) is 1.68. The van der Waals surface area contributed by atoms with Gasteiger partial charge < -0.3 is 10.0 Å². The predicted octanol–water partition coefficient (Wildman–Crippen LogP) is 1.68. The van der Waals surface area contributed by atoms with Crippen LogP contribution in [0.15, 0.2) is 35.5 Å². The van der Waals surface area contributed by atoms with Crippen molar-refractivity contribution in [3.8, 4) is 0 Å². The molecule has 1 aromatic rings. The second-order valence-electron chi connectivity index (χ2n) is 3.84. The van der Waals surface area contributed by atoms with Gasteiger partial charge in [0, 0.05) is 25.9 Å². The molecule has 0 radical (unpaired) electrons. The van der Waals surface area contributed by atoms with E-state index in [4.69, 9.17) is 10.0 Å². The van der Waals surface area contributed by atoms with Crippen LogP contribution in [-0.4, -0.2) is 35.0 Å². The maximum absolute atomic E-state index is 11.7. The summed E-state index contributed by atoms with van der Waals surface area (Å²) in [5.74, 6) is -0.352. The lowest BCUT2D eigenvalue weighted by Gasteiger charge is -2.25. The fourth-order valence-electron chi connectivity index (χ4n) is 1.68. The van der Waals surface area contributed by atoms with Gasteiger partial charge in [0.1, 0.15) is 0 Å². The van der Waals surface area contributed by atoms with Gasteiger partial charge in [-0.25, -0.2) is 4.79 Å². The first kappa shape index (κ1) is 11.6. The van der Waals surface area contributed by atoms with Crippen molar-refractivity contribution in [3.05, 3.63) is 35.9 Å². The SMILES string of the molecule is O=C(ON1CCC(=NO)CC1)c1ccccc1. The van der Waals surface area contributed by atoms with Crippen molar-refractivity contribution in [2.45, 2.75) is 12.8 Å². The summed E-state index contributed by atoms with van der Waals surface area (Å²) in [4.78, 5) is 16.9. The standard InChI is InChI=1S/C12H14N2O3/c15-12(10-4-2-1-3-5-10)17-14-8-6-11(13-16)7-9-14/h1-5,16H,6-9H2. The minimum atomic E-state index is -0.352. The number of carbonyl (C=O) groups is 1. The molecular weight excluding hydrogens is 220 g/mol. The summed E-state index contributed by atoms with van der Waals surface area (Å²) in [5, 5.41) is 13.4. The lowest BCUT2D eigenvalue weighted by Crippen LogP contribution is -2.35. The molecule has 0 saturated carbocycles. The highest BCUT2D eigenvalue weighted by molar-refractivity contribution is 5.89. The second-order valence-corrected chi connectivity index (χ2v) is 3.84. The monoisotopic (exact) mass is 234 g/mol. The molecule has 1 N–H and O–H groups in total. The van der Waals surface area contributed by atoms with Crippen LogP contribution in [0.5, 0.6) is 0 Å². The largest absolute Gasteiger partial charge is 0.411 e. The Hall–Kier alpha value is -1.88. The van der Waals surface area contributed by atoms with Gasteiger partial charge in [-0.15, -0.1) is 5.06 Å². The number of hydroxylamine groups is 2. The maximum Gasteiger partial charge on any atom is 0.357 e. The normalized spacial score (nSPS) is 16.6. The molecule has 1 aliphatic heterocycles. The van der Waals surface area contributed by atoms with E-state index in [0.29, 0.717) is 31.5 Å². The molecule has 1 fully saturated rings. The second kappa shape index (κ2) is 5.45. The van der Waals surface area contributed by atoms with Crippen molar-refractivity contribution in [2.24, 2.45) is 5.16 Å². The minimum absolute atomic E-state index is 0.352. The Morgan fingerprint density at radius 1 is 1.24 bits per heavy atom. The van der Waals surface area contributed by atoms with Crippen LogP contribution in [0.2, 0.25) is 0 Å². The average Bonchev–Trinajstić information content (AvgIpc) is 2.40. The smallest absolute Gasteiger partial charge is 0.357 e. The molecule has 1 aromatic carbocycles. The Morgan fingerprint density at radius 3 is 2.47 bits per heavy atom. The van der Waals surface area contributed by atoms with E-state index in [9.17, 15) is 4.79 Å². The van der Waals surface area contributed by atoms with Crippen LogP contribution < -0.4 is 0 Å². The van der Waals surface area contributed by atoms with Crippen LogP contribution in [0.4, 0.5) is 0 Å². The molecule has 1 aliphatic rings. The first-order valence-corrected chi connectivity index (χ1v) is 5.51. The minimum Gasteiger partial charge on any atom is -0.411 e. The van der Waals surface area contributed by atoms with Crippen molar-refractivity contribution in [1.82, 2.24) is 5.06 Å². The Balaban J connectivity index is 1.88. The van der Waals surface area contributed by atoms with E-state index >= 15 is 0 Å². The number of rotatable bonds is 2. The third-order valence-electron chi connectivity index (χ3n) is 2.66. The van der Waals surface area contributed by atoms with E-state index in [1.807, 2.05) is 6.07 Å². The molecule has 17 heavy (non-hydrogen) atoms.